The maximum absolute atomic E-state index is 13.7. The first kappa shape index (κ1) is 21.4. The fourth-order valence-electron chi connectivity index (χ4n) is 4.79. The molecular formula is C28H26N6O. The highest BCUT2D eigenvalue weighted by Crippen LogP contribution is 2.25. The van der Waals surface area contributed by atoms with Crippen molar-refractivity contribution in [3.05, 3.63) is 88.0 Å². The number of aromatic nitrogens is 5. The van der Waals surface area contributed by atoms with Gasteiger partial charge in [-0.25, -0.2) is 15.0 Å². The highest BCUT2D eigenvalue weighted by Gasteiger charge is 2.20. The van der Waals surface area contributed by atoms with Crippen molar-refractivity contribution in [2.24, 2.45) is 5.10 Å². The van der Waals surface area contributed by atoms with Crippen molar-refractivity contribution in [2.45, 2.75) is 45.6 Å². The van der Waals surface area contributed by atoms with E-state index in [4.69, 9.17) is 15.1 Å². The topological polar surface area (TPSA) is 78.0 Å². The third-order valence-electron chi connectivity index (χ3n) is 6.63. The summed E-state index contributed by atoms with van der Waals surface area (Å²) in [6.07, 6.45) is 11.3. The predicted molar refractivity (Wildman–Crippen MR) is 140 cm³/mol. The second-order valence-corrected chi connectivity index (χ2v) is 9.15. The average Bonchev–Trinajstić information content (AvgIpc) is 3.19. The van der Waals surface area contributed by atoms with E-state index in [-0.39, 0.29) is 5.56 Å². The van der Waals surface area contributed by atoms with Crippen LogP contribution in [0.25, 0.3) is 33.2 Å². The van der Waals surface area contributed by atoms with Crippen LogP contribution in [-0.2, 0) is 6.54 Å². The zero-order chi connectivity index (χ0) is 23.8. The van der Waals surface area contributed by atoms with Crippen molar-refractivity contribution in [2.75, 3.05) is 0 Å². The van der Waals surface area contributed by atoms with Crippen molar-refractivity contribution in [3.8, 4) is 0 Å². The van der Waals surface area contributed by atoms with E-state index < -0.39 is 0 Å². The minimum atomic E-state index is -0.106. The molecule has 0 fully saturated rings. The molecule has 0 N–H and O–H groups in total. The molecule has 7 heteroatoms. The van der Waals surface area contributed by atoms with Gasteiger partial charge in [0.05, 0.1) is 23.6 Å². The van der Waals surface area contributed by atoms with Gasteiger partial charge in [0.25, 0.3) is 5.56 Å². The van der Waals surface area contributed by atoms with Gasteiger partial charge in [-0.15, -0.1) is 0 Å². The molecule has 0 atom stereocenters. The molecule has 35 heavy (non-hydrogen) atoms. The first-order valence-corrected chi connectivity index (χ1v) is 12.1. The van der Waals surface area contributed by atoms with Gasteiger partial charge in [-0.3, -0.25) is 9.36 Å². The molecular weight excluding hydrogens is 436 g/mol. The van der Waals surface area contributed by atoms with Crippen molar-refractivity contribution in [3.63, 3.8) is 0 Å². The Morgan fingerprint density at radius 1 is 1.03 bits per heavy atom. The molecule has 0 radical (unpaired) electrons. The smallest absolute Gasteiger partial charge is 0.265 e. The molecule has 2 aromatic carbocycles. The molecule has 5 aromatic rings. The Bertz CT molecular complexity index is 1690. The highest BCUT2D eigenvalue weighted by molar-refractivity contribution is 6.04. The Morgan fingerprint density at radius 2 is 1.89 bits per heavy atom. The summed E-state index contributed by atoms with van der Waals surface area (Å²) in [4.78, 5) is 28.0. The number of hydrogen-bond acceptors (Lipinski definition) is 5. The van der Waals surface area contributed by atoms with Crippen molar-refractivity contribution in [1.82, 2.24) is 24.2 Å². The van der Waals surface area contributed by atoms with E-state index in [2.05, 4.69) is 17.1 Å². The summed E-state index contributed by atoms with van der Waals surface area (Å²) in [5.74, 6) is 0. The molecule has 3 aromatic heterocycles. The molecule has 0 unspecified atom stereocenters. The van der Waals surface area contributed by atoms with Gasteiger partial charge in [0.1, 0.15) is 10.9 Å². The lowest BCUT2D eigenvalue weighted by molar-refractivity contribution is 0.610. The monoisotopic (exact) mass is 462 g/mol. The maximum Gasteiger partial charge on any atom is 0.265 e. The van der Waals surface area contributed by atoms with Gasteiger partial charge in [-0.05, 0) is 56.7 Å². The van der Waals surface area contributed by atoms with Crippen molar-refractivity contribution < 1.29 is 0 Å². The van der Waals surface area contributed by atoms with Crippen LogP contribution in [0.3, 0.4) is 0 Å². The number of rotatable bonds is 5. The highest BCUT2D eigenvalue weighted by atomic mass is 16.1. The van der Waals surface area contributed by atoms with Crippen LogP contribution in [0.5, 0.6) is 0 Å². The Morgan fingerprint density at radius 3 is 2.69 bits per heavy atom. The van der Waals surface area contributed by atoms with Gasteiger partial charge in [0.2, 0.25) is 0 Å². The summed E-state index contributed by atoms with van der Waals surface area (Å²) in [6, 6.07) is 15.8. The van der Waals surface area contributed by atoms with Crippen LogP contribution in [-0.4, -0.2) is 30.4 Å². The summed E-state index contributed by atoms with van der Waals surface area (Å²) in [6.45, 7) is 2.65. The largest absolute Gasteiger partial charge is 0.298 e. The molecule has 0 saturated heterocycles. The Labute approximate surface area is 202 Å². The maximum atomic E-state index is 13.7. The number of allylic oxidation sites excluding steroid dienone is 2. The minimum absolute atomic E-state index is 0.106. The summed E-state index contributed by atoms with van der Waals surface area (Å²) >= 11 is 0. The van der Waals surface area contributed by atoms with E-state index in [1.807, 2.05) is 49.4 Å². The van der Waals surface area contributed by atoms with Gasteiger partial charge >= 0.3 is 0 Å². The van der Waals surface area contributed by atoms with Gasteiger partial charge in [-0.2, -0.15) is 9.78 Å². The van der Waals surface area contributed by atoms with Crippen LogP contribution in [0.1, 0.15) is 43.2 Å². The standard InChI is InChI=1S/C28H26N6O/c1-19-8-7-11-21(16-19)17-30-34-26-24(25-27(34)32-23-13-6-5-12-22(23)31-25)28(35)33(18-29-26)15-14-20-9-3-2-4-10-20/h5-9,11-13,16-18H,2-4,10,14-15H2,1H3/b30-17-. The molecule has 3 heterocycles. The van der Waals surface area contributed by atoms with Gasteiger partial charge in [-0.1, -0.05) is 53.6 Å². The molecule has 0 amide bonds. The molecule has 1 aliphatic carbocycles. The summed E-state index contributed by atoms with van der Waals surface area (Å²) < 4.78 is 3.34. The normalized spacial score (nSPS) is 14.4. The van der Waals surface area contributed by atoms with Crippen LogP contribution >= 0.6 is 0 Å². The van der Waals surface area contributed by atoms with Gasteiger partial charge < -0.3 is 0 Å². The number of fused-ring (bicyclic) bond motifs is 4. The molecule has 0 aliphatic heterocycles. The van der Waals surface area contributed by atoms with Crippen LogP contribution in [0, 0.1) is 6.92 Å². The van der Waals surface area contributed by atoms with Crippen LogP contribution in [0.2, 0.25) is 0 Å². The summed E-state index contributed by atoms with van der Waals surface area (Å²) in [7, 11) is 0. The number of benzene rings is 2. The van der Waals surface area contributed by atoms with Gasteiger partial charge in [0, 0.05) is 6.54 Å². The van der Waals surface area contributed by atoms with Crippen molar-refractivity contribution in [1.29, 1.82) is 0 Å². The SMILES string of the molecule is Cc1cccc(/C=N\n2c3nc4ccccc4nc3c3c(=O)n(CCC4=CCCCC4)cnc32)c1. The molecule has 0 spiro atoms. The fraction of sp³-hybridized carbons (Fsp3) is 0.250. The van der Waals surface area contributed by atoms with E-state index in [9.17, 15) is 4.79 Å². The molecule has 1 aliphatic rings. The second-order valence-electron chi connectivity index (χ2n) is 9.15. The zero-order valence-corrected chi connectivity index (χ0v) is 19.7. The third kappa shape index (κ3) is 4.03. The Hall–Kier alpha value is -4.13. The fourth-order valence-corrected chi connectivity index (χ4v) is 4.79. The molecule has 174 valence electrons. The average molecular weight is 463 g/mol. The number of nitrogens with zero attached hydrogens (tertiary/aromatic N) is 6. The molecule has 0 bridgehead atoms. The van der Waals surface area contributed by atoms with Gasteiger partial charge in [0.15, 0.2) is 11.3 Å². The zero-order valence-electron chi connectivity index (χ0n) is 19.7. The molecule has 7 nitrogen and oxygen atoms in total. The first-order valence-electron chi connectivity index (χ1n) is 12.1. The van der Waals surface area contributed by atoms with E-state index in [0.717, 1.165) is 41.4 Å². The lowest BCUT2D eigenvalue weighted by Crippen LogP contribution is -2.21. The number of aryl methyl sites for hydroxylation is 2. The van der Waals surface area contributed by atoms with E-state index >= 15 is 0 Å². The van der Waals surface area contributed by atoms with Crippen LogP contribution < -0.4 is 5.56 Å². The van der Waals surface area contributed by atoms with E-state index in [0.29, 0.717) is 28.7 Å². The quantitative estimate of drug-likeness (QED) is 0.260. The molecule has 0 saturated carbocycles. The Kier molecular flexibility index (Phi) is 5.45. The Balaban J connectivity index is 1.52. The second kappa shape index (κ2) is 8.91. The summed E-state index contributed by atoms with van der Waals surface area (Å²) in [5.41, 5.74) is 6.45. The number of hydrogen-bond donors (Lipinski definition) is 0. The third-order valence-corrected chi connectivity index (χ3v) is 6.63. The lowest BCUT2D eigenvalue weighted by Gasteiger charge is -2.13. The van der Waals surface area contributed by atoms with Crippen LogP contribution in [0.4, 0.5) is 0 Å². The predicted octanol–water partition coefficient (Wildman–Crippen LogP) is 5.38. The van der Waals surface area contributed by atoms with E-state index in [1.54, 1.807) is 21.8 Å². The minimum Gasteiger partial charge on any atom is -0.298 e. The molecule has 6 rings (SSSR count). The van der Waals surface area contributed by atoms with Crippen molar-refractivity contribution >= 4 is 39.4 Å². The first-order chi connectivity index (χ1) is 17.2. The lowest BCUT2D eigenvalue weighted by atomic mass is 9.97. The van der Waals surface area contributed by atoms with E-state index in [1.165, 1.54) is 18.4 Å². The number of para-hydroxylation sites is 2. The van der Waals surface area contributed by atoms with Crippen LogP contribution in [0.15, 0.2) is 76.4 Å². The summed E-state index contributed by atoms with van der Waals surface area (Å²) in [5, 5.41) is 5.16.